The van der Waals surface area contributed by atoms with Gasteiger partial charge in [-0.25, -0.2) is 4.39 Å². The quantitative estimate of drug-likeness (QED) is 0.604. The zero-order chi connectivity index (χ0) is 21.2. The van der Waals surface area contributed by atoms with Crippen LogP contribution in [0.3, 0.4) is 0 Å². The Bertz CT molecular complexity index is 1060. The van der Waals surface area contributed by atoms with Crippen molar-refractivity contribution in [3.8, 4) is 0 Å². The van der Waals surface area contributed by atoms with Crippen LogP contribution >= 0.6 is 11.3 Å². The molecule has 3 heterocycles. The highest BCUT2D eigenvalue weighted by atomic mass is 32.1. The van der Waals surface area contributed by atoms with E-state index in [0.717, 1.165) is 49.3 Å². The van der Waals surface area contributed by atoms with Gasteiger partial charge in [0.1, 0.15) is 10.8 Å². The third-order valence-corrected chi connectivity index (χ3v) is 7.29. The van der Waals surface area contributed by atoms with Crippen molar-refractivity contribution in [2.45, 2.75) is 31.7 Å². The lowest BCUT2D eigenvalue weighted by molar-refractivity contribution is 0.0233. The van der Waals surface area contributed by atoms with Gasteiger partial charge >= 0.3 is 0 Å². The second kappa shape index (κ2) is 8.94. The largest absolute Gasteiger partial charge is 0.459 e. The van der Waals surface area contributed by atoms with E-state index in [1.807, 2.05) is 12.1 Å². The minimum atomic E-state index is -0.279. The summed E-state index contributed by atoms with van der Waals surface area (Å²) >= 11 is 1.63. The number of thiophene rings is 1. The fourth-order valence-corrected chi connectivity index (χ4v) is 5.93. The molecule has 1 fully saturated rings. The van der Waals surface area contributed by atoms with Crippen LogP contribution < -0.4 is 5.32 Å². The van der Waals surface area contributed by atoms with Crippen molar-refractivity contribution in [1.82, 2.24) is 4.90 Å². The van der Waals surface area contributed by atoms with Crippen LogP contribution in [0.2, 0.25) is 0 Å². The molecule has 1 atom stereocenters. The van der Waals surface area contributed by atoms with Gasteiger partial charge in [0, 0.05) is 29.1 Å². The molecule has 1 aliphatic heterocycles. The lowest BCUT2D eigenvalue weighted by atomic mass is 9.88. The summed E-state index contributed by atoms with van der Waals surface area (Å²) in [7, 11) is 0. The van der Waals surface area contributed by atoms with Gasteiger partial charge in [0.15, 0.2) is 5.76 Å². The first-order valence-electron chi connectivity index (χ1n) is 10.8. The highest BCUT2D eigenvalue weighted by molar-refractivity contribution is 7.16. The van der Waals surface area contributed by atoms with E-state index in [2.05, 4.69) is 10.2 Å². The van der Waals surface area contributed by atoms with Gasteiger partial charge in [0.05, 0.1) is 25.5 Å². The molecule has 5 nitrogen and oxygen atoms in total. The van der Waals surface area contributed by atoms with E-state index in [4.69, 9.17) is 9.15 Å². The molecule has 0 radical (unpaired) electrons. The number of amides is 1. The van der Waals surface area contributed by atoms with Gasteiger partial charge in [-0.05, 0) is 49.4 Å². The molecule has 1 N–H and O–H groups in total. The molecule has 1 amide bonds. The molecule has 1 saturated heterocycles. The number of morpholine rings is 1. The predicted molar refractivity (Wildman–Crippen MR) is 118 cm³/mol. The topological polar surface area (TPSA) is 54.7 Å². The summed E-state index contributed by atoms with van der Waals surface area (Å²) in [6.45, 7) is 2.67. The molecule has 0 bridgehead atoms. The van der Waals surface area contributed by atoms with Gasteiger partial charge in [0.2, 0.25) is 0 Å². The van der Waals surface area contributed by atoms with E-state index in [9.17, 15) is 4.79 Å². The van der Waals surface area contributed by atoms with Crippen LogP contribution in [0.1, 0.15) is 51.0 Å². The molecule has 7 heteroatoms. The smallest absolute Gasteiger partial charge is 0.291 e. The third kappa shape index (κ3) is 4.05. The Kier molecular flexibility index (Phi) is 5.89. The summed E-state index contributed by atoms with van der Waals surface area (Å²) in [5, 5.41) is 3.88. The zero-order valence-electron chi connectivity index (χ0n) is 17.2. The molecule has 1 aromatic carbocycles. The third-order valence-electron chi connectivity index (χ3n) is 6.07. The summed E-state index contributed by atoms with van der Waals surface area (Å²) in [5.74, 6) is -0.233. The molecule has 3 aromatic rings. The standard InChI is InChI=1S/C24H25FN2O3S/c25-18-8-3-1-6-16(18)22(27-11-14-29-15-12-27)21-17-7-2-4-10-20(17)31-24(21)26-23(28)19-9-5-13-30-19/h1,3,5-6,8-9,13,22H,2,4,7,10-12,14-15H2,(H,26,28)/t22-/m1/s1. The maximum atomic E-state index is 15.1. The maximum absolute atomic E-state index is 15.1. The van der Waals surface area contributed by atoms with Crippen LogP contribution in [-0.4, -0.2) is 37.1 Å². The minimum absolute atomic E-state index is 0.224. The van der Waals surface area contributed by atoms with E-state index in [1.54, 1.807) is 29.5 Å². The van der Waals surface area contributed by atoms with Crippen LogP contribution in [0.4, 0.5) is 9.39 Å². The van der Waals surface area contributed by atoms with Gasteiger partial charge < -0.3 is 14.5 Å². The van der Waals surface area contributed by atoms with Gasteiger partial charge in [-0.1, -0.05) is 18.2 Å². The number of anilines is 1. The van der Waals surface area contributed by atoms with Crippen molar-refractivity contribution < 1.29 is 18.3 Å². The number of hydrogen-bond acceptors (Lipinski definition) is 5. The first-order valence-corrected chi connectivity index (χ1v) is 11.6. The Morgan fingerprint density at radius 1 is 1.10 bits per heavy atom. The molecule has 31 heavy (non-hydrogen) atoms. The molecule has 2 aliphatic rings. The average Bonchev–Trinajstić information content (AvgIpc) is 3.45. The number of rotatable bonds is 5. The van der Waals surface area contributed by atoms with Crippen LogP contribution in [-0.2, 0) is 17.6 Å². The van der Waals surface area contributed by atoms with E-state index in [-0.39, 0.29) is 23.5 Å². The molecule has 162 valence electrons. The lowest BCUT2D eigenvalue weighted by Gasteiger charge is -2.36. The summed E-state index contributed by atoms with van der Waals surface area (Å²) in [6, 6.07) is 10.1. The van der Waals surface area contributed by atoms with Crippen molar-refractivity contribution in [1.29, 1.82) is 0 Å². The van der Waals surface area contributed by atoms with Crippen LogP contribution in [0, 0.1) is 5.82 Å². The molecule has 1 aliphatic carbocycles. The fourth-order valence-electron chi connectivity index (χ4n) is 4.61. The summed E-state index contributed by atoms with van der Waals surface area (Å²) < 4.78 is 25.9. The number of fused-ring (bicyclic) bond motifs is 1. The monoisotopic (exact) mass is 440 g/mol. The maximum Gasteiger partial charge on any atom is 0.291 e. The first kappa shape index (κ1) is 20.4. The Labute approximate surface area is 184 Å². The number of nitrogens with zero attached hydrogens (tertiary/aromatic N) is 1. The molecular formula is C24H25FN2O3S. The SMILES string of the molecule is O=C(Nc1sc2c(c1[C@@H](c1ccccc1F)N1CCOCC1)CCCC2)c1ccco1. The molecule has 2 aromatic heterocycles. The van der Waals surface area contributed by atoms with Crippen molar-refractivity contribution in [2.24, 2.45) is 0 Å². The Hall–Kier alpha value is -2.48. The Morgan fingerprint density at radius 2 is 1.90 bits per heavy atom. The van der Waals surface area contributed by atoms with E-state index in [1.165, 1.54) is 22.8 Å². The number of halogens is 1. The highest BCUT2D eigenvalue weighted by Gasteiger charge is 2.34. The van der Waals surface area contributed by atoms with Crippen LogP contribution in [0.25, 0.3) is 0 Å². The van der Waals surface area contributed by atoms with E-state index >= 15 is 4.39 Å². The van der Waals surface area contributed by atoms with Crippen molar-refractivity contribution in [3.05, 3.63) is 75.8 Å². The van der Waals surface area contributed by atoms with Crippen molar-refractivity contribution in [3.63, 3.8) is 0 Å². The number of carbonyl (C=O) groups excluding carboxylic acids is 1. The summed E-state index contributed by atoms with van der Waals surface area (Å²) in [4.78, 5) is 16.4. The molecular weight excluding hydrogens is 415 g/mol. The minimum Gasteiger partial charge on any atom is -0.459 e. The van der Waals surface area contributed by atoms with E-state index in [0.29, 0.717) is 18.8 Å². The highest BCUT2D eigenvalue weighted by Crippen LogP contribution is 2.46. The zero-order valence-corrected chi connectivity index (χ0v) is 18.1. The molecule has 0 unspecified atom stereocenters. The van der Waals surface area contributed by atoms with Crippen molar-refractivity contribution >= 4 is 22.2 Å². The number of benzene rings is 1. The number of aryl methyl sites for hydroxylation is 1. The number of hydrogen-bond donors (Lipinski definition) is 1. The first-order chi connectivity index (χ1) is 15.2. The lowest BCUT2D eigenvalue weighted by Crippen LogP contribution is -2.40. The average molecular weight is 441 g/mol. The van der Waals surface area contributed by atoms with Gasteiger partial charge in [-0.2, -0.15) is 0 Å². The number of carbonyl (C=O) groups is 1. The number of nitrogens with one attached hydrogen (secondary N) is 1. The van der Waals surface area contributed by atoms with Crippen LogP contribution in [0.15, 0.2) is 47.1 Å². The predicted octanol–water partition coefficient (Wildman–Crippen LogP) is 5.03. The van der Waals surface area contributed by atoms with Crippen LogP contribution in [0.5, 0.6) is 0 Å². The van der Waals surface area contributed by atoms with Gasteiger partial charge in [0.25, 0.3) is 5.91 Å². The molecule has 0 saturated carbocycles. The normalized spacial score (nSPS) is 17.8. The van der Waals surface area contributed by atoms with Gasteiger partial charge in [-0.3, -0.25) is 9.69 Å². The van der Waals surface area contributed by atoms with Gasteiger partial charge in [-0.15, -0.1) is 11.3 Å². The molecule has 0 spiro atoms. The molecule has 5 rings (SSSR count). The summed E-state index contributed by atoms with van der Waals surface area (Å²) in [6.07, 6.45) is 5.69. The number of furan rings is 1. The second-order valence-electron chi connectivity index (χ2n) is 7.96. The number of ether oxygens (including phenoxy) is 1. The fraction of sp³-hybridized carbons (Fsp3) is 0.375. The second-order valence-corrected chi connectivity index (χ2v) is 9.06. The summed E-state index contributed by atoms with van der Waals surface area (Å²) in [5.41, 5.74) is 2.95. The Morgan fingerprint density at radius 3 is 2.68 bits per heavy atom. The Balaban J connectivity index is 1.63. The van der Waals surface area contributed by atoms with Crippen molar-refractivity contribution in [2.75, 3.05) is 31.6 Å². The van der Waals surface area contributed by atoms with E-state index < -0.39 is 0 Å².